The van der Waals surface area contributed by atoms with Gasteiger partial charge in [0.25, 0.3) is 0 Å². The van der Waals surface area contributed by atoms with Gasteiger partial charge in [0.15, 0.2) is 11.5 Å². The van der Waals surface area contributed by atoms with Crippen LogP contribution in [-0.2, 0) is 6.54 Å². The number of phenols is 1. The maximum absolute atomic E-state index is 12.0. The third-order valence-corrected chi connectivity index (χ3v) is 3.79. The fraction of sp³-hybridized carbons (Fsp3) is 0.0952. The van der Waals surface area contributed by atoms with Gasteiger partial charge in [-0.1, -0.05) is 24.3 Å². The van der Waals surface area contributed by atoms with E-state index in [0.717, 1.165) is 11.3 Å². The Morgan fingerprint density at radius 2 is 1.67 bits per heavy atom. The first-order chi connectivity index (χ1) is 13.1. The first-order valence-corrected chi connectivity index (χ1v) is 8.38. The summed E-state index contributed by atoms with van der Waals surface area (Å²) in [5.41, 5.74) is 1.46. The van der Waals surface area contributed by atoms with E-state index in [4.69, 9.17) is 9.47 Å². The Morgan fingerprint density at radius 1 is 0.963 bits per heavy atom. The first kappa shape index (κ1) is 18.1. The molecule has 3 rings (SSSR count). The average Bonchev–Trinajstić information content (AvgIpc) is 2.69. The molecule has 0 spiro atoms. The number of rotatable bonds is 6. The van der Waals surface area contributed by atoms with E-state index in [1.165, 1.54) is 13.2 Å². The van der Waals surface area contributed by atoms with Gasteiger partial charge < -0.3 is 25.2 Å². The molecule has 0 atom stereocenters. The van der Waals surface area contributed by atoms with Crippen molar-refractivity contribution in [3.05, 3.63) is 78.4 Å². The number of carbonyl (C=O) groups excluding carboxylic acids is 1. The lowest BCUT2D eigenvalue weighted by Crippen LogP contribution is -2.28. The summed E-state index contributed by atoms with van der Waals surface area (Å²) in [5, 5.41) is 15.1. The molecular weight excluding hydrogens is 344 g/mol. The molecule has 0 saturated heterocycles. The highest BCUT2D eigenvalue weighted by atomic mass is 16.5. The number of benzene rings is 3. The molecule has 3 N–H and O–H groups in total. The van der Waals surface area contributed by atoms with Gasteiger partial charge in [-0.2, -0.15) is 0 Å². The molecule has 0 aliphatic carbocycles. The van der Waals surface area contributed by atoms with Gasteiger partial charge in [-0.05, 0) is 54.1 Å². The number of hydrogen-bond acceptors (Lipinski definition) is 4. The molecule has 0 heterocycles. The summed E-state index contributed by atoms with van der Waals surface area (Å²) in [4.78, 5) is 12.0. The quantitative estimate of drug-likeness (QED) is 0.601. The zero-order chi connectivity index (χ0) is 19.1. The van der Waals surface area contributed by atoms with Gasteiger partial charge in [0.05, 0.1) is 7.11 Å². The van der Waals surface area contributed by atoms with Crippen molar-refractivity contribution in [3.8, 4) is 23.0 Å². The molecule has 27 heavy (non-hydrogen) atoms. The summed E-state index contributed by atoms with van der Waals surface area (Å²) in [6.45, 7) is 0.303. The van der Waals surface area contributed by atoms with E-state index < -0.39 is 0 Å². The third-order valence-electron chi connectivity index (χ3n) is 3.79. The molecule has 138 valence electrons. The number of anilines is 1. The van der Waals surface area contributed by atoms with Crippen LogP contribution in [0.1, 0.15) is 5.56 Å². The molecule has 3 aromatic rings. The first-order valence-electron chi connectivity index (χ1n) is 8.38. The van der Waals surface area contributed by atoms with E-state index in [2.05, 4.69) is 10.6 Å². The largest absolute Gasteiger partial charge is 0.504 e. The lowest BCUT2D eigenvalue weighted by molar-refractivity contribution is 0.251. The minimum absolute atomic E-state index is 0.0588. The monoisotopic (exact) mass is 364 g/mol. The van der Waals surface area contributed by atoms with Crippen LogP contribution in [0.5, 0.6) is 23.0 Å². The Balaban J connectivity index is 1.52. The number of phenolic OH excluding ortho intramolecular Hbond substituents is 1. The minimum atomic E-state index is -0.334. The summed E-state index contributed by atoms with van der Waals surface area (Å²) in [7, 11) is 1.48. The van der Waals surface area contributed by atoms with Crippen LogP contribution < -0.4 is 20.1 Å². The van der Waals surface area contributed by atoms with E-state index in [1.807, 2.05) is 30.3 Å². The number of para-hydroxylation sites is 1. The van der Waals surface area contributed by atoms with Gasteiger partial charge in [-0.3, -0.25) is 0 Å². The number of ether oxygens (including phenoxy) is 2. The maximum Gasteiger partial charge on any atom is 0.319 e. The van der Waals surface area contributed by atoms with Gasteiger partial charge >= 0.3 is 6.03 Å². The Morgan fingerprint density at radius 3 is 2.37 bits per heavy atom. The van der Waals surface area contributed by atoms with Crippen LogP contribution in [-0.4, -0.2) is 18.2 Å². The average molecular weight is 364 g/mol. The Labute approximate surface area is 157 Å². The molecule has 0 radical (unpaired) electrons. The van der Waals surface area contributed by atoms with Gasteiger partial charge in [0.2, 0.25) is 0 Å². The van der Waals surface area contributed by atoms with Crippen molar-refractivity contribution in [2.75, 3.05) is 12.4 Å². The zero-order valence-electron chi connectivity index (χ0n) is 14.8. The summed E-state index contributed by atoms with van der Waals surface area (Å²) in [5.74, 6) is 1.86. The molecule has 6 heteroatoms. The molecular formula is C21H20N2O4. The summed E-state index contributed by atoms with van der Waals surface area (Å²) in [6, 6.07) is 21.2. The van der Waals surface area contributed by atoms with Crippen molar-refractivity contribution >= 4 is 11.7 Å². The van der Waals surface area contributed by atoms with Crippen LogP contribution in [0.3, 0.4) is 0 Å². The predicted octanol–water partition coefficient (Wildman–Crippen LogP) is 4.51. The lowest BCUT2D eigenvalue weighted by Gasteiger charge is -2.10. The molecule has 2 amide bonds. The second kappa shape index (κ2) is 8.62. The maximum atomic E-state index is 12.0. The number of urea groups is 1. The summed E-state index contributed by atoms with van der Waals surface area (Å²) >= 11 is 0. The molecule has 0 fully saturated rings. The van der Waals surface area contributed by atoms with Crippen LogP contribution in [0.15, 0.2) is 72.8 Å². The lowest BCUT2D eigenvalue weighted by atomic mass is 10.2. The van der Waals surface area contributed by atoms with E-state index in [0.29, 0.717) is 23.7 Å². The number of amides is 2. The molecule has 3 aromatic carbocycles. The molecule has 0 aliphatic rings. The predicted molar refractivity (Wildman–Crippen MR) is 103 cm³/mol. The number of aromatic hydroxyl groups is 1. The van der Waals surface area contributed by atoms with Gasteiger partial charge in [0, 0.05) is 12.2 Å². The van der Waals surface area contributed by atoms with E-state index >= 15 is 0 Å². The second-order valence-corrected chi connectivity index (χ2v) is 5.75. The van der Waals surface area contributed by atoms with Gasteiger partial charge in [-0.15, -0.1) is 0 Å². The minimum Gasteiger partial charge on any atom is -0.504 e. The third kappa shape index (κ3) is 5.15. The van der Waals surface area contributed by atoms with Crippen molar-refractivity contribution in [1.82, 2.24) is 5.32 Å². The standard InChI is InChI=1S/C21H20N2O4/c1-26-20-13-15(7-12-19(20)24)14-22-21(25)23-16-8-10-18(11-9-16)27-17-5-3-2-4-6-17/h2-13,24H,14H2,1H3,(H2,22,23,25). The van der Waals surface area contributed by atoms with Gasteiger partial charge in [0.1, 0.15) is 11.5 Å². The zero-order valence-corrected chi connectivity index (χ0v) is 14.8. The molecule has 0 bridgehead atoms. The van der Waals surface area contributed by atoms with Crippen LogP contribution >= 0.6 is 0 Å². The van der Waals surface area contributed by atoms with Crippen molar-refractivity contribution in [2.24, 2.45) is 0 Å². The van der Waals surface area contributed by atoms with Crippen molar-refractivity contribution < 1.29 is 19.4 Å². The highest BCUT2D eigenvalue weighted by Gasteiger charge is 2.06. The number of hydrogen-bond donors (Lipinski definition) is 3. The Bertz CT molecular complexity index is 896. The molecule has 0 unspecified atom stereocenters. The van der Waals surface area contributed by atoms with E-state index in [9.17, 15) is 9.90 Å². The Kier molecular flexibility index (Phi) is 5.79. The van der Waals surface area contributed by atoms with Crippen LogP contribution in [0, 0.1) is 0 Å². The van der Waals surface area contributed by atoms with E-state index in [-0.39, 0.29) is 11.8 Å². The topological polar surface area (TPSA) is 79.8 Å². The van der Waals surface area contributed by atoms with Crippen LogP contribution in [0.4, 0.5) is 10.5 Å². The van der Waals surface area contributed by atoms with Crippen molar-refractivity contribution in [2.45, 2.75) is 6.54 Å². The molecule has 0 aromatic heterocycles. The SMILES string of the molecule is COc1cc(CNC(=O)Nc2ccc(Oc3ccccc3)cc2)ccc1O. The second-order valence-electron chi connectivity index (χ2n) is 5.75. The number of nitrogens with one attached hydrogen (secondary N) is 2. The smallest absolute Gasteiger partial charge is 0.319 e. The van der Waals surface area contributed by atoms with Crippen molar-refractivity contribution in [1.29, 1.82) is 0 Å². The fourth-order valence-electron chi connectivity index (χ4n) is 2.42. The highest BCUT2D eigenvalue weighted by Crippen LogP contribution is 2.26. The van der Waals surface area contributed by atoms with E-state index in [1.54, 1.807) is 36.4 Å². The summed E-state index contributed by atoms with van der Waals surface area (Å²) < 4.78 is 10.8. The van der Waals surface area contributed by atoms with Crippen LogP contribution in [0.25, 0.3) is 0 Å². The molecule has 0 saturated carbocycles. The van der Waals surface area contributed by atoms with Crippen LogP contribution in [0.2, 0.25) is 0 Å². The van der Waals surface area contributed by atoms with Crippen molar-refractivity contribution in [3.63, 3.8) is 0 Å². The highest BCUT2D eigenvalue weighted by molar-refractivity contribution is 5.89. The molecule has 6 nitrogen and oxygen atoms in total. The Hall–Kier alpha value is -3.67. The fourth-order valence-corrected chi connectivity index (χ4v) is 2.42. The normalized spacial score (nSPS) is 10.1. The number of methoxy groups -OCH3 is 1. The number of carbonyl (C=O) groups is 1. The van der Waals surface area contributed by atoms with Gasteiger partial charge in [-0.25, -0.2) is 4.79 Å². The molecule has 0 aliphatic heterocycles. The summed E-state index contributed by atoms with van der Waals surface area (Å²) in [6.07, 6.45) is 0.